The zero-order chi connectivity index (χ0) is 39.1. The maximum absolute atomic E-state index is 13.5. The Labute approximate surface area is 325 Å². The van der Waals surface area contributed by atoms with E-state index in [0.29, 0.717) is 29.5 Å². The van der Waals surface area contributed by atoms with E-state index < -0.39 is 12.1 Å². The zero-order valence-corrected chi connectivity index (χ0v) is 34.4. The molecule has 0 saturated heterocycles. The van der Waals surface area contributed by atoms with Gasteiger partial charge in [-0.3, -0.25) is 10.1 Å². The van der Waals surface area contributed by atoms with E-state index >= 15 is 0 Å². The number of carbonyl (C=O) groups is 1. The summed E-state index contributed by atoms with van der Waals surface area (Å²) in [6.45, 7) is 16.7. The summed E-state index contributed by atoms with van der Waals surface area (Å²) in [5.74, 6) is 1.84. The summed E-state index contributed by atoms with van der Waals surface area (Å²) in [6.07, 6.45) is 17.9. The van der Waals surface area contributed by atoms with Gasteiger partial charge in [-0.1, -0.05) is 131 Å². The van der Waals surface area contributed by atoms with E-state index in [9.17, 15) is 14.9 Å². The monoisotopic (exact) mass is 751 g/mol. The highest BCUT2D eigenvalue weighted by Crippen LogP contribution is 2.47. The van der Waals surface area contributed by atoms with Crippen LogP contribution >= 0.6 is 0 Å². The fourth-order valence-corrected chi connectivity index (χ4v) is 6.93. The summed E-state index contributed by atoms with van der Waals surface area (Å²) in [6, 6.07) is 6.66. The van der Waals surface area contributed by atoms with Gasteiger partial charge in [-0.05, 0) is 44.1 Å². The summed E-state index contributed by atoms with van der Waals surface area (Å²) in [5.41, 5.74) is 2.11. The summed E-state index contributed by atoms with van der Waals surface area (Å²) in [4.78, 5) is 40.5. The second kappa shape index (κ2) is 25.2. The van der Waals surface area contributed by atoms with Crippen molar-refractivity contribution in [2.75, 3.05) is 47.9 Å². The Balaban J connectivity index is 2.16. The van der Waals surface area contributed by atoms with Crippen LogP contribution in [0.15, 0.2) is 35.7 Å². The third-order valence-corrected chi connectivity index (χ3v) is 10.1. The van der Waals surface area contributed by atoms with Crippen molar-refractivity contribution < 1.29 is 19.2 Å². The van der Waals surface area contributed by atoms with E-state index in [4.69, 9.17) is 19.4 Å². The molecule has 3 rings (SSSR count). The number of hydrogen-bond donors (Lipinski definition) is 1. The number of rotatable bonds is 28. The standard InChI is InChI=1S/C43H70N6O5/c1-7-13-18-19-20-21-22-23-32-53-43(50)54-39-36(25-12-6)44-40-38(37(39)34-26-24-27-35(33-34)49(51)52)41(47(28-14-8-2)29-15-9-3)46-42(45-40)48(30-16-10-4)31-17-11-5/h24,26-27,33,37H,7-23,25,28-32H2,1-6H3,(H,44,45,46). The molecule has 0 saturated carbocycles. The molecule has 11 nitrogen and oxygen atoms in total. The van der Waals surface area contributed by atoms with Crippen molar-refractivity contribution in [3.8, 4) is 0 Å². The molecule has 1 unspecified atom stereocenters. The molecular weight excluding hydrogens is 681 g/mol. The molecule has 1 aliphatic rings. The molecule has 1 atom stereocenters. The molecule has 0 bridgehead atoms. The average molecular weight is 751 g/mol. The van der Waals surface area contributed by atoms with Crippen molar-refractivity contribution >= 4 is 29.4 Å². The van der Waals surface area contributed by atoms with Gasteiger partial charge >= 0.3 is 6.16 Å². The zero-order valence-electron chi connectivity index (χ0n) is 34.4. The highest BCUT2D eigenvalue weighted by Gasteiger charge is 2.39. The van der Waals surface area contributed by atoms with Crippen LogP contribution in [0.4, 0.5) is 28.1 Å². The molecule has 1 aromatic heterocycles. The highest BCUT2D eigenvalue weighted by molar-refractivity contribution is 5.74. The van der Waals surface area contributed by atoms with Gasteiger partial charge in [-0.25, -0.2) is 4.79 Å². The number of nitrogens with zero attached hydrogens (tertiary/aromatic N) is 5. The molecule has 2 heterocycles. The SMILES string of the molecule is CCCCCCCCCCOC(=O)OC1=C(CCC)Nc2nc(N(CCCC)CCCC)nc(N(CCCC)CCCC)c2C1c1cccc([N+](=O)[O-])c1. The molecule has 1 N–H and O–H groups in total. The number of fused-ring (bicyclic) bond motifs is 1. The molecule has 1 aromatic carbocycles. The topological polar surface area (TPSA) is 123 Å². The highest BCUT2D eigenvalue weighted by atomic mass is 16.7. The van der Waals surface area contributed by atoms with Gasteiger partial charge in [0.15, 0.2) is 0 Å². The van der Waals surface area contributed by atoms with E-state index in [1.165, 1.54) is 38.2 Å². The van der Waals surface area contributed by atoms with Crippen LogP contribution in [-0.4, -0.2) is 53.8 Å². The van der Waals surface area contributed by atoms with Crippen LogP contribution in [0, 0.1) is 10.1 Å². The summed E-state index contributed by atoms with van der Waals surface area (Å²) >= 11 is 0. The molecule has 1 aliphatic heterocycles. The minimum atomic E-state index is -0.763. The minimum Gasteiger partial charge on any atom is -0.434 e. The Hall–Kier alpha value is -3.89. The van der Waals surface area contributed by atoms with Crippen molar-refractivity contribution in [3.05, 3.63) is 57.0 Å². The molecule has 0 radical (unpaired) electrons. The van der Waals surface area contributed by atoms with Crippen LogP contribution in [0.5, 0.6) is 0 Å². The van der Waals surface area contributed by atoms with Crippen molar-refractivity contribution in [1.29, 1.82) is 0 Å². The number of nitrogens with one attached hydrogen (secondary N) is 1. The normalized spacial score (nSPS) is 13.7. The molecule has 0 amide bonds. The number of allylic oxidation sites excluding steroid dienone is 2. The average Bonchev–Trinajstić information content (AvgIpc) is 3.17. The maximum Gasteiger partial charge on any atom is 0.513 e. The first-order valence-corrected chi connectivity index (χ1v) is 21.3. The van der Waals surface area contributed by atoms with Gasteiger partial charge < -0.3 is 24.6 Å². The molecule has 0 aliphatic carbocycles. The minimum absolute atomic E-state index is 0.0283. The second-order valence-corrected chi connectivity index (χ2v) is 14.7. The first-order chi connectivity index (χ1) is 26.3. The van der Waals surface area contributed by atoms with E-state index in [1.807, 2.05) is 6.07 Å². The number of aromatic nitrogens is 2. The number of ether oxygens (including phenoxy) is 2. The van der Waals surface area contributed by atoms with Crippen molar-refractivity contribution in [1.82, 2.24) is 9.97 Å². The Kier molecular flexibility index (Phi) is 20.8. The molecular formula is C43H70N6O5. The fraction of sp³-hybridized carbons (Fsp3) is 0.698. The Morgan fingerprint density at radius 3 is 1.91 bits per heavy atom. The van der Waals surface area contributed by atoms with Gasteiger partial charge in [0.05, 0.1) is 28.7 Å². The van der Waals surface area contributed by atoms with Crippen molar-refractivity contribution in [2.24, 2.45) is 0 Å². The number of hydrogen-bond acceptors (Lipinski definition) is 10. The van der Waals surface area contributed by atoms with Crippen LogP contribution < -0.4 is 15.1 Å². The quantitative estimate of drug-likeness (QED) is 0.0389. The van der Waals surface area contributed by atoms with Gasteiger partial charge in [0.2, 0.25) is 5.95 Å². The molecule has 11 heteroatoms. The number of anilines is 3. The second-order valence-electron chi connectivity index (χ2n) is 14.7. The molecule has 0 fully saturated rings. The number of nitro benzene ring substituents is 1. The largest absolute Gasteiger partial charge is 0.513 e. The van der Waals surface area contributed by atoms with Crippen LogP contribution in [0.2, 0.25) is 0 Å². The third kappa shape index (κ3) is 13.8. The number of non-ortho nitro benzene ring substituents is 1. The number of carbonyl (C=O) groups excluding carboxylic acids is 1. The molecule has 0 spiro atoms. The number of unbranched alkanes of at least 4 members (excludes halogenated alkanes) is 11. The van der Waals surface area contributed by atoms with Gasteiger partial charge in [0, 0.05) is 38.3 Å². The van der Waals surface area contributed by atoms with E-state index in [2.05, 4.69) is 56.7 Å². The predicted molar refractivity (Wildman–Crippen MR) is 222 cm³/mol. The lowest BCUT2D eigenvalue weighted by Crippen LogP contribution is -2.34. The lowest BCUT2D eigenvalue weighted by molar-refractivity contribution is -0.384. The lowest BCUT2D eigenvalue weighted by atomic mass is 9.85. The summed E-state index contributed by atoms with van der Waals surface area (Å²) in [5, 5.41) is 15.7. The Morgan fingerprint density at radius 1 is 0.759 bits per heavy atom. The van der Waals surface area contributed by atoms with Gasteiger partial charge in [-0.15, -0.1) is 0 Å². The van der Waals surface area contributed by atoms with E-state index in [0.717, 1.165) is 120 Å². The summed E-state index contributed by atoms with van der Waals surface area (Å²) in [7, 11) is 0. The Bertz CT molecular complexity index is 1430. The van der Waals surface area contributed by atoms with Crippen molar-refractivity contribution in [2.45, 2.75) is 163 Å². The third-order valence-electron chi connectivity index (χ3n) is 10.1. The van der Waals surface area contributed by atoms with Crippen LogP contribution in [0.3, 0.4) is 0 Å². The lowest BCUT2D eigenvalue weighted by Gasteiger charge is -2.36. The fourth-order valence-electron chi connectivity index (χ4n) is 6.93. The molecule has 54 heavy (non-hydrogen) atoms. The predicted octanol–water partition coefficient (Wildman–Crippen LogP) is 12.1. The van der Waals surface area contributed by atoms with Gasteiger partial charge in [-0.2, -0.15) is 9.97 Å². The van der Waals surface area contributed by atoms with Crippen LogP contribution in [0.1, 0.15) is 174 Å². The summed E-state index contributed by atoms with van der Waals surface area (Å²) < 4.78 is 11.9. The maximum atomic E-state index is 13.5. The van der Waals surface area contributed by atoms with Crippen LogP contribution in [-0.2, 0) is 9.47 Å². The first kappa shape index (κ1) is 44.5. The molecule has 302 valence electrons. The smallest absolute Gasteiger partial charge is 0.434 e. The van der Waals surface area contributed by atoms with E-state index in [1.54, 1.807) is 12.1 Å². The van der Waals surface area contributed by atoms with E-state index in [-0.39, 0.29) is 17.2 Å². The van der Waals surface area contributed by atoms with Crippen molar-refractivity contribution in [3.63, 3.8) is 0 Å². The number of benzene rings is 1. The number of nitro groups is 1. The van der Waals surface area contributed by atoms with Crippen LogP contribution in [0.25, 0.3) is 0 Å². The molecule has 2 aromatic rings. The first-order valence-electron chi connectivity index (χ1n) is 21.3. The Morgan fingerprint density at radius 2 is 1.33 bits per heavy atom. The van der Waals surface area contributed by atoms with Gasteiger partial charge in [0.1, 0.15) is 17.4 Å². The van der Waals surface area contributed by atoms with Gasteiger partial charge in [0.25, 0.3) is 5.69 Å².